The van der Waals surface area contributed by atoms with Gasteiger partial charge in [-0.3, -0.25) is 9.59 Å². The Morgan fingerprint density at radius 3 is 2.45 bits per heavy atom. The molecule has 3 aromatic carbocycles. The molecule has 8 heteroatoms. The van der Waals surface area contributed by atoms with Gasteiger partial charge in [-0.1, -0.05) is 51.8 Å². The highest BCUT2D eigenvalue weighted by Crippen LogP contribution is 2.18. The lowest BCUT2D eigenvalue weighted by atomic mass is 10.2. The number of ether oxygens (including phenoxy) is 1. The third-order valence-corrected chi connectivity index (χ3v) is 4.92. The van der Waals surface area contributed by atoms with Crippen LogP contribution in [-0.4, -0.2) is 24.6 Å². The normalized spacial score (nSPS) is 10.6. The quantitative estimate of drug-likeness (QED) is 0.351. The Balaban J connectivity index is 1.49. The minimum Gasteiger partial charge on any atom is -0.488 e. The van der Waals surface area contributed by atoms with E-state index in [9.17, 15) is 9.59 Å². The van der Waals surface area contributed by atoms with Gasteiger partial charge in [-0.05, 0) is 54.1 Å². The summed E-state index contributed by atoms with van der Waals surface area (Å²) in [5.41, 5.74) is 4.54. The lowest BCUT2D eigenvalue weighted by Crippen LogP contribution is -2.34. The Bertz CT molecular complexity index is 1070. The fourth-order valence-corrected chi connectivity index (χ4v) is 2.93. The van der Waals surface area contributed by atoms with Gasteiger partial charge >= 0.3 is 0 Å². The van der Waals surface area contributed by atoms with E-state index in [1.54, 1.807) is 24.3 Å². The predicted molar refractivity (Wildman–Crippen MR) is 124 cm³/mol. The number of benzene rings is 3. The number of rotatable bonds is 8. The van der Waals surface area contributed by atoms with Gasteiger partial charge in [-0.15, -0.1) is 0 Å². The summed E-state index contributed by atoms with van der Waals surface area (Å²) < 4.78 is 6.87. The molecule has 0 atom stereocenters. The summed E-state index contributed by atoms with van der Waals surface area (Å²) in [6, 6.07) is 21.6. The van der Waals surface area contributed by atoms with E-state index in [4.69, 9.17) is 16.3 Å². The van der Waals surface area contributed by atoms with Gasteiger partial charge in [0.15, 0.2) is 0 Å². The van der Waals surface area contributed by atoms with Gasteiger partial charge in [0.1, 0.15) is 12.4 Å². The number of amides is 2. The highest BCUT2D eigenvalue weighted by atomic mass is 79.9. The number of hydrazone groups is 1. The number of para-hydroxylation sites is 1. The first kappa shape index (κ1) is 22.5. The fourth-order valence-electron chi connectivity index (χ4n) is 2.54. The zero-order valence-corrected chi connectivity index (χ0v) is 18.7. The SMILES string of the molecule is O=C(CNC(=O)c1ccc(Cl)cc1)N/N=C/c1ccccc1OCc1ccc(Br)cc1. The molecule has 0 fully saturated rings. The summed E-state index contributed by atoms with van der Waals surface area (Å²) in [6.07, 6.45) is 1.50. The molecular weight excluding hydrogens is 482 g/mol. The Hall–Kier alpha value is -3.16. The van der Waals surface area contributed by atoms with E-state index in [1.807, 2.05) is 48.5 Å². The lowest BCUT2D eigenvalue weighted by Gasteiger charge is -2.09. The van der Waals surface area contributed by atoms with Crippen LogP contribution in [0.25, 0.3) is 0 Å². The van der Waals surface area contributed by atoms with E-state index in [0.29, 0.717) is 28.5 Å². The zero-order valence-electron chi connectivity index (χ0n) is 16.3. The zero-order chi connectivity index (χ0) is 22.1. The fraction of sp³-hybridized carbons (Fsp3) is 0.0870. The van der Waals surface area contributed by atoms with Gasteiger partial charge in [-0.2, -0.15) is 5.10 Å². The molecule has 0 bridgehead atoms. The number of nitrogens with one attached hydrogen (secondary N) is 2. The van der Waals surface area contributed by atoms with Crippen LogP contribution in [0.2, 0.25) is 5.02 Å². The maximum Gasteiger partial charge on any atom is 0.259 e. The minimum absolute atomic E-state index is 0.208. The third kappa shape index (κ3) is 7.24. The molecule has 31 heavy (non-hydrogen) atoms. The molecule has 0 unspecified atom stereocenters. The molecule has 0 radical (unpaired) electrons. The van der Waals surface area contributed by atoms with Crippen LogP contribution in [0.5, 0.6) is 5.75 Å². The van der Waals surface area contributed by atoms with Crippen molar-refractivity contribution in [3.8, 4) is 5.75 Å². The van der Waals surface area contributed by atoms with Crippen LogP contribution in [0, 0.1) is 0 Å². The largest absolute Gasteiger partial charge is 0.488 e. The minimum atomic E-state index is -0.452. The third-order valence-electron chi connectivity index (χ3n) is 4.14. The summed E-state index contributed by atoms with van der Waals surface area (Å²) in [6.45, 7) is 0.196. The van der Waals surface area contributed by atoms with Crippen LogP contribution in [0.4, 0.5) is 0 Å². The van der Waals surface area contributed by atoms with Crippen LogP contribution >= 0.6 is 27.5 Å². The van der Waals surface area contributed by atoms with Crippen LogP contribution in [-0.2, 0) is 11.4 Å². The molecule has 0 spiro atoms. The Labute approximate surface area is 193 Å². The maximum atomic E-state index is 12.0. The number of hydrogen-bond donors (Lipinski definition) is 2. The topological polar surface area (TPSA) is 79.8 Å². The Kier molecular flexibility index (Phi) is 8.20. The molecule has 0 heterocycles. The summed E-state index contributed by atoms with van der Waals surface area (Å²) in [5, 5.41) is 7.01. The van der Waals surface area contributed by atoms with Crippen molar-refractivity contribution in [3.05, 3.63) is 99.0 Å². The second-order valence-corrected chi connectivity index (χ2v) is 7.79. The number of carbonyl (C=O) groups excluding carboxylic acids is 2. The first-order valence-electron chi connectivity index (χ1n) is 9.33. The first-order valence-corrected chi connectivity index (χ1v) is 10.5. The number of hydrogen-bond acceptors (Lipinski definition) is 4. The second-order valence-electron chi connectivity index (χ2n) is 6.44. The standard InChI is InChI=1S/C23H19BrClN3O3/c24-19-9-5-16(6-10-19)15-31-21-4-2-1-3-18(21)13-27-28-22(29)14-26-23(30)17-7-11-20(25)12-8-17/h1-13H,14-15H2,(H,26,30)(H,28,29)/b27-13+. The van der Waals surface area contributed by atoms with E-state index in [0.717, 1.165) is 10.0 Å². The van der Waals surface area contributed by atoms with Crippen molar-refractivity contribution in [1.82, 2.24) is 10.7 Å². The number of carbonyl (C=O) groups is 2. The molecule has 0 aliphatic rings. The van der Waals surface area contributed by atoms with Crippen molar-refractivity contribution >= 4 is 45.6 Å². The van der Waals surface area contributed by atoms with Crippen LogP contribution in [0.15, 0.2) is 82.4 Å². The average molecular weight is 501 g/mol. The van der Waals surface area contributed by atoms with Crippen LogP contribution < -0.4 is 15.5 Å². The first-order chi connectivity index (χ1) is 15.0. The highest BCUT2D eigenvalue weighted by Gasteiger charge is 2.07. The molecule has 3 rings (SSSR count). The van der Waals surface area contributed by atoms with Crippen molar-refractivity contribution in [2.24, 2.45) is 5.10 Å². The van der Waals surface area contributed by atoms with Crippen molar-refractivity contribution in [3.63, 3.8) is 0 Å². The molecule has 158 valence electrons. The van der Waals surface area contributed by atoms with Crippen molar-refractivity contribution in [1.29, 1.82) is 0 Å². The van der Waals surface area contributed by atoms with Gasteiger partial charge in [0, 0.05) is 20.6 Å². The highest BCUT2D eigenvalue weighted by molar-refractivity contribution is 9.10. The van der Waals surface area contributed by atoms with Crippen molar-refractivity contribution in [2.45, 2.75) is 6.61 Å². The summed E-state index contributed by atoms with van der Waals surface area (Å²) >= 11 is 9.20. The summed E-state index contributed by atoms with van der Waals surface area (Å²) in [7, 11) is 0. The monoisotopic (exact) mass is 499 g/mol. The van der Waals surface area contributed by atoms with Crippen LogP contribution in [0.3, 0.4) is 0 Å². The van der Waals surface area contributed by atoms with Crippen molar-refractivity contribution in [2.75, 3.05) is 6.54 Å². The molecule has 0 saturated heterocycles. The molecule has 3 aromatic rings. The van der Waals surface area contributed by atoms with E-state index >= 15 is 0 Å². The maximum absolute atomic E-state index is 12.0. The number of halogens is 2. The van der Waals surface area contributed by atoms with Gasteiger partial charge < -0.3 is 10.1 Å². The van der Waals surface area contributed by atoms with Gasteiger partial charge in [0.05, 0.1) is 12.8 Å². The Morgan fingerprint density at radius 2 is 1.71 bits per heavy atom. The summed E-state index contributed by atoms with van der Waals surface area (Å²) in [4.78, 5) is 24.0. The van der Waals surface area contributed by atoms with E-state index in [1.165, 1.54) is 6.21 Å². The molecule has 0 aromatic heterocycles. The van der Waals surface area contributed by atoms with Gasteiger partial charge in [0.2, 0.25) is 0 Å². The smallest absolute Gasteiger partial charge is 0.259 e. The van der Waals surface area contributed by atoms with Gasteiger partial charge in [-0.25, -0.2) is 5.43 Å². The molecule has 6 nitrogen and oxygen atoms in total. The number of nitrogens with zero attached hydrogens (tertiary/aromatic N) is 1. The lowest BCUT2D eigenvalue weighted by molar-refractivity contribution is -0.120. The molecule has 0 aliphatic carbocycles. The molecule has 2 N–H and O–H groups in total. The predicted octanol–water partition coefficient (Wildman–Crippen LogP) is 4.56. The molecule has 0 aliphatic heterocycles. The van der Waals surface area contributed by atoms with Gasteiger partial charge in [0.25, 0.3) is 11.8 Å². The Morgan fingerprint density at radius 1 is 1.00 bits per heavy atom. The summed E-state index contributed by atoms with van der Waals surface area (Å²) in [5.74, 6) is -0.186. The molecular formula is C23H19BrClN3O3. The van der Waals surface area contributed by atoms with Crippen molar-refractivity contribution < 1.29 is 14.3 Å². The average Bonchev–Trinajstić information content (AvgIpc) is 2.78. The molecule has 0 saturated carbocycles. The van der Waals surface area contributed by atoms with E-state index in [2.05, 4.69) is 31.8 Å². The van der Waals surface area contributed by atoms with E-state index < -0.39 is 5.91 Å². The molecule has 2 amide bonds. The van der Waals surface area contributed by atoms with E-state index in [-0.39, 0.29) is 12.5 Å². The second kappa shape index (κ2) is 11.3. The van der Waals surface area contributed by atoms with Crippen LogP contribution in [0.1, 0.15) is 21.5 Å².